The fourth-order valence-electron chi connectivity index (χ4n) is 2.18. The Labute approximate surface area is 126 Å². The van der Waals surface area contributed by atoms with Crippen molar-refractivity contribution in [2.45, 2.75) is 31.3 Å². The molecule has 114 valence electrons. The van der Waals surface area contributed by atoms with Gasteiger partial charge in [0.15, 0.2) is 0 Å². The molecule has 0 atom stereocenters. The van der Waals surface area contributed by atoms with Gasteiger partial charge in [-0.2, -0.15) is 13.2 Å². The van der Waals surface area contributed by atoms with Gasteiger partial charge in [-0.3, -0.25) is 0 Å². The predicted octanol–water partition coefficient (Wildman–Crippen LogP) is 4.78. The lowest BCUT2D eigenvalue weighted by Gasteiger charge is -2.13. The van der Waals surface area contributed by atoms with E-state index in [1.807, 2.05) is 25.5 Å². The highest BCUT2D eigenvalue weighted by Gasteiger charge is 2.31. The third kappa shape index (κ3) is 3.26. The number of hydrogen-bond acceptors (Lipinski definition) is 2. The molecule has 0 aliphatic carbocycles. The molecule has 0 saturated heterocycles. The predicted molar refractivity (Wildman–Crippen MR) is 79.4 cm³/mol. The molecule has 1 heterocycles. The zero-order valence-corrected chi connectivity index (χ0v) is 13.0. The molecule has 0 bridgehead atoms. The van der Waals surface area contributed by atoms with Crippen LogP contribution in [0, 0.1) is 0 Å². The first-order valence-electron chi connectivity index (χ1n) is 6.73. The van der Waals surface area contributed by atoms with E-state index in [1.54, 1.807) is 6.20 Å². The number of alkyl halides is 3. The molecule has 2 nitrogen and oxygen atoms in total. The van der Waals surface area contributed by atoms with Crippen LogP contribution in [0.15, 0.2) is 29.3 Å². The molecule has 2 aromatic rings. The maximum Gasteiger partial charge on any atom is 0.416 e. The molecule has 1 aromatic heterocycles. The standard InChI is InChI=1S/C15H17F3N2S/c1-4-11-9-19-14(20(11)3)12-7-6-10(15(16,17)18)8-13(12)21-5-2/h6-9H,4-5H2,1-3H3. The van der Waals surface area contributed by atoms with Crippen LogP contribution in [0.1, 0.15) is 25.1 Å². The Hall–Kier alpha value is -1.43. The minimum absolute atomic E-state index is 0.615. The molecule has 0 radical (unpaired) electrons. The maximum atomic E-state index is 12.9. The van der Waals surface area contributed by atoms with Gasteiger partial charge < -0.3 is 4.57 Å². The Morgan fingerprint density at radius 2 is 1.95 bits per heavy atom. The van der Waals surface area contributed by atoms with E-state index in [9.17, 15) is 13.2 Å². The Kier molecular flexibility index (Phi) is 4.66. The zero-order valence-electron chi connectivity index (χ0n) is 12.2. The summed E-state index contributed by atoms with van der Waals surface area (Å²) in [6.07, 6.45) is -1.72. The minimum atomic E-state index is -4.32. The van der Waals surface area contributed by atoms with E-state index in [4.69, 9.17) is 0 Å². The average Bonchev–Trinajstić information content (AvgIpc) is 2.79. The Morgan fingerprint density at radius 3 is 2.48 bits per heavy atom. The molecule has 0 saturated carbocycles. The number of halogens is 3. The second-order valence-corrected chi connectivity index (χ2v) is 5.93. The van der Waals surface area contributed by atoms with Crippen molar-refractivity contribution in [1.29, 1.82) is 0 Å². The Balaban J connectivity index is 2.54. The topological polar surface area (TPSA) is 17.8 Å². The van der Waals surface area contributed by atoms with Crippen LogP contribution < -0.4 is 0 Å². The minimum Gasteiger partial charge on any atom is -0.331 e. The Bertz CT molecular complexity index is 632. The van der Waals surface area contributed by atoms with Gasteiger partial charge in [0.1, 0.15) is 5.82 Å². The summed E-state index contributed by atoms with van der Waals surface area (Å²) < 4.78 is 40.5. The van der Waals surface area contributed by atoms with Crippen LogP contribution in [0.3, 0.4) is 0 Å². The van der Waals surface area contributed by atoms with Crippen LogP contribution in [0.4, 0.5) is 13.2 Å². The summed E-state index contributed by atoms with van der Waals surface area (Å²) in [7, 11) is 1.89. The number of benzene rings is 1. The summed E-state index contributed by atoms with van der Waals surface area (Å²) in [5.74, 6) is 1.41. The smallest absolute Gasteiger partial charge is 0.331 e. The number of nitrogens with zero attached hydrogens (tertiary/aromatic N) is 2. The molecular formula is C15H17F3N2S. The van der Waals surface area contributed by atoms with Gasteiger partial charge in [0.05, 0.1) is 5.56 Å². The van der Waals surface area contributed by atoms with E-state index in [0.717, 1.165) is 23.7 Å². The summed E-state index contributed by atoms with van der Waals surface area (Å²) in [5.41, 5.74) is 1.18. The van der Waals surface area contributed by atoms with Crippen molar-refractivity contribution >= 4 is 11.8 Å². The Morgan fingerprint density at radius 1 is 1.24 bits per heavy atom. The van der Waals surface area contributed by atoms with Crippen LogP contribution >= 0.6 is 11.8 Å². The fourth-order valence-corrected chi connectivity index (χ4v) is 3.02. The van der Waals surface area contributed by atoms with Crippen LogP contribution in [0.25, 0.3) is 11.4 Å². The number of imidazole rings is 1. The highest BCUT2D eigenvalue weighted by Crippen LogP contribution is 2.37. The molecule has 2 rings (SSSR count). The van der Waals surface area contributed by atoms with E-state index in [1.165, 1.54) is 23.9 Å². The fraction of sp³-hybridized carbons (Fsp3) is 0.400. The van der Waals surface area contributed by atoms with Crippen molar-refractivity contribution in [2.75, 3.05) is 5.75 Å². The molecule has 0 N–H and O–H groups in total. The number of thioether (sulfide) groups is 1. The lowest BCUT2D eigenvalue weighted by atomic mass is 10.1. The van der Waals surface area contributed by atoms with Crippen molar-refractivity contribution < 1.29 is 13.2 Å². The van der Waals surface area contributed by atoms with Crippen LogP contribution in [0.5, 0.6) is 0 Å². The second-order valence-electron chi connectivity index (χ2n) is 4.63. The highest BCUT2D eigenvalue weighted by molar-refractivity contribution is 7.99. The van der Waals surface area contributed by atoms with Crippen LogP contribution in [-0.4, -0.2) is 15.3 Å². The quantitative estimate of drug-likeness (QED) is 0.756. The SMILES string of the molecule is CCSc1cc(C(F)(F)F)ccc1-c1ncc(CC)n1C. The van der Waals surface area contributed by atoms with E-state index >= 15 is 0 Å². The molecule has 1 aromatic carbocycles. The van der Waals surface area contributed by atoms with Gasteiger partial charge in [0.25, 0.3) is 0 Å². The van der Waals surface area contributed by atoms with E-state index in [2.05, 4.69) is 4.98 Å². The van der Waals surface area contributed by atoms with Gasteiger partial charge in [-0.05, 0) is 30.4 Å². The zero-order chi connectivity index (χ0) is 15.6. The first-order chi connectivity index (χ1) is 9.88. The molecule has 6 heteroatoms. The third-order valence-corrected chi connectivity index (χ3v) is 4.23. The lowest BCUT2D eigenvalue weighted by molar-refractivity contribution is -0.137. The third-order valence-electron chi connectivity index (χ3n) is 3.30. The highest BCUT2D eigenvalue weighted by atomic mass is 32.2. The van der Waals surface area contributed by atoms with Gasteiger partial charge in [-0.1, -0.05) is 13.8 Å². The molecule has 0 fully saturated rings. The number of aryl methyl sites for hydroxylation is 1. The van der Waals surface area contributed by atoms with Gasteiger partial charge in [-0.15, -0.1) is 11.8 Å². The van der Waals surface area contributed by atoms with Crippen molar-refractivity contribution in [3.63, 3.8) is 0 Å². The van der Waals surface area contributed by atoms with Crippen LogP contribution in [0.2, 0.25) is 0 Å². The average molecular weight is 314 g/mol. The lowest BCUT2D eigenvalue weighted by Crippen LogP contribution is -2.06. The molecule has 0 aliphatic heterocycles. The van der Waals surface area contributed by atoms with Crippen molar-refractivity contribution in [2.24, 2.45) is 7.05 Å². The normalized spacial score (nSPS) is 11.9. The van der Waals surface area contributed by atoms with Gasteiger partial charge in [0, 0.05) is 29.4 Å². The van der Waals surface area contributed by atoms with Crippen molar-refractivity contribution in [3.8, 4) is 11.4 Å². The van der Waals surface area contributed by atoms with E-state index in [0.29, 0.717) is 16.5 Å². The molecule has 0 spiro atoms. The van der Waals surface area contributed by atoms with Gasteiger partial charge in [0.2, 0.25) is 0 Å². The van der Waals surface area contributed by atoms with Crippen LogP contribution in [-0.2, 0) is 19.6 Å². The second kappa shape index (κ2) is 6.13. The first-order valence-corrected chi connectivity index (χ1v) is 7.72. The molecule has 21 heavy (non-hydrogen) atoms. The molecular weight excluding hydrogens is 297 g/mol. The van der Waals surface area contributed by atoms with E-state index < -0.39 is 11.7 Å². The first kappa shape index (κ1) is 15.9. The van der Waals surface area contributed by atoms with Crippen molar-refractivity contribution in [1.82, 2.24) is 9.55 Å². The molecule has 0 aliphatic rings. The number of hydrogen-bond donors (Lipinski definition) is 0. The van der Waals surface area contributed by atoms with E-state index in [-0.39, 0.29) is 0 Å². The molecule has 0 amide bonds. The number of rotatable bonds is 4. The van der Waals surface area contributed by atoms with Gasteiger partial charge >= 0.3 is 6.18 Å². The van der Waals surface area contributed by atoms with Gasteiger partial charge in [-0.25, -0.2) is 4.98 Å². The summed E-state index contributed by atoms with van der Waals surface area (Å²) in [5, 5.41) is 0. The van der Waals surface area contributed by atoms with Crippen molar-refractivity contribution in [3.05, 3.63) is 35.7 Å². The summed E-state index contributed by atoms with van der Waals surface area (Å²) in [6.45, 7) is 3.94. The monoisotopic (exact) mass is 314 g/mol. The largest absolute Gasteiger partial charge is 0.416 e. The maximum absolute atomic E-state index is 12.9. The number of aromatic nitrogens is 2. The molecule has 0 unspecified atom stereocenters. The summed E-state index contributed by atoms with van der Waals surface area (Å²) >= 11 is 1.40. The summed E-state index contributed by atoms with van der Waals surface area (Å²) in [6, 6.07) is 3.85. The summed E-state index contributed by atoms with van der Waals surface area (Å²) in [4.78, 5) is 4.97.